The second kappa shape index (κ2) is 7.21. The first-order valence-corrected chi connectivity index (χ1v) is 5.88. The van der Waals surface area contributed by atoms with Gasteiger partial charge in [0.25, 0.3) is 0 Å². The van der Waals surface area contributed by atoms with Crippen molar-refractivity contribution in [3.8, 4) is 0 Å². The lowest BCUT2D eigenvalue weighted by atomic mass is 10.1. The summed E-state index contributed by atoms with van der Waals surface area (Å²) in [5, 5.41) is 6.95. The molecule has 6 heteroatoms. The predicted molar refractivity (Wildman–Crippen MR) is 69.6 cm³/mol. The molecule has 1 amide bonds. The molecule has 0 aromatic heterocycles. The molecule has 0 bridgehead atoms. The second-order valence-corrected chi connectivity index (χ2v) is 4.23. The number of nitrogens with one attached hydrogen (secondary N) is 2. The lowest BCUT2D eigenvalue weighted by molar-refractivity contribution is -0.151. The summed E-state index contributed by atoms with van der Waals surface area (Å²) in [4.78, 5) is 23.2. The van der Waals surface area contributed by atoms with Crippen LogP contribution in [0.2, 0.25) is 0 Å². The summed E-state index contributed by atoms with van der Waals surface area (Å²) in [5.41, 5.74) is -0.354. The first-order valence-electron chi connectivity index (χ1n) is 5.36. The van der Waals surface area contributed by atoms with E-state index in [1.54, 1.807) is 27.8 Å². The van der Waals surface area contributed by atoms with Gasteiger partial charge in [0, 0.05) is 12.7 Å². The molecule has 0 atom stereocenters. The summed E-state index contributed by atoms with van der Waals surface area (Å²) in [6.07, 6.45) is 0.142. The summed E-state index contributed by atoms with van der Waals surface area (Å²) >= 11 is 3.96. The van der Waals surface area contributed by atoms with Crippen LogP contribution in [0.4, 0.5) is 0 Å². The molecule has 0 unspecified atom stereocenters. The van der Waals surface area contributed by atoms with Gasteiger partial charge < -0.3 is 15.4 Å². The fraction of sp³-hybridized carbons (Fsp3) is 0.636. The highest BCUT2D eigenvalue weighted by molar-refractivity contribution is 7.83. The molecule has 0 aromatic rings. The third kappa shape index (κ3) is 5.63. The number of carbonyl (C=O) groups is 2. The van der Waals surface area contributed by atoms with E-state index in [9.17, 15) is 9.59 Å². The average Bonchev–Trinajstić information content (AvgIpc) is 2.25. The molecule has 0 aliphatic heterocycles. The van der Waals surface area contributed by atoms with E-state index in [4.69, 9.17) is 4.74 Å². The lowest BCUT2D eigenvalue weighted by Gasteiger charge is -2.24. The number of hydrogen-bond acceptors (Lipinski definition) is 5. The molecule has 2 N–H and O–H groups in total. The highest BCUT2D eigenvalue weighted by Gasteiger charge is 2.30. The van der Waals surface area contributed by atoms with Gasteiger partial charge >= 0.3 is 5.97 Å². The van der Waals surface area contributed by atoms with E-state index in [1.165, 1.54) is 5.41 Å². The van der Waals surface area contributed by atoms with Crippen molar-refractivity contribution in [2.24, 2.45) is 0 Å². The van der Waals surface area contributed by atoms with Crippen LogP contribution in [0, 0.1) is 0 Å². The van der Waals surface area contributed by atoms with Crippen LogP contribution in [0.1, 0.15) is 27.2 Å². The molecule has 0 saturated carbocycles. The van der Waals surface area contributed by atoms with Crippen LogP contribution in [0.15, 0.2) is 11.1 Å². The maximum absolute atomic E-state index is 11.7. The SMILES string of the molecule is CCOC(=O)C(C)(C)NC(=O)C/C(=C/S)NC. The van der Waals surface area contributed by atoms with E-state index in [1.807, 2.05) is 0 Å². The van der Waals surface area contributed by atoms with Crippen molar-refractivity contribution >= 4 is 24.5 Å². The van der Waals surface area contributed by atoms with Crippen LogP contribution >= 0.6 is 12.6 Å². The zero-order chi connectivity index (χ0) is 13.5. The van der Waals surface area contributed by atoms with Gasteiger partial charge in [-0.2, -0.15) is 0 Å². The number of rotatable bonds is 6. The zero-order valence-corrected chi connectivity index (χ0v) is 11.6. The molecule has 5 nitrogen and oxygen atoms in total. The summed E-state index contributed by atoms with van der Waals surface area (Å²) in [7, 11) is 1.70. The third-order valence-corrected chi connectivity index (χ3v) is 2.38. The van der Waals surface area contributed by atoms with Crippen LogP contribution in [-0.4, -0.2) is 31.1 Å². The minimum absolute atomic E-state index is 0.142. The summed E-state index contributed by atoms with van der Waals surface area (Å²) in [5.74, 6) is -0.716. The number of amides is 1. The van der Waals surface area contributed by atoms with Gasteiger partial charge in [0.2, 0.25) is 5.91 Å². The number of hydrogen-bond donors (Lipinski definition) is 3. The Bertz CT molecular complexity index is 314. The predicted octanol–water partition coefficient (Wildman–Crippen LogP) is 0.825. The Kier molecular flexibility index (Phi) is 6.72. The number of thiol groups is 1. The van der Waals surface area contributed by atoms with Crippen molar-refractivity contribution in [2.75, 3.05) is 13.7 Å². The van der Waals surface area contributed by atoms with Crippen molar-refractivity contribution in [3.63, 3.8) is 0 Å². The van der Waals surface area contributed by atoms with Crippen LogP contribution in [0.3, 0.4) is 0 Å². The van der Waals surface area contributed by atoms with E-state index in [0.29, 0.717) is 5.70 Å². The van der Waals surface area contributed by atoms with Gasteiger partial charge in [-0.15, -0.1) is 12.6 Å². The molecule has 17 heavy (non-hydrogen) atoms. The largest absolute Gasteiger partial charge is 0.464 e. The molecular formula is C11H20N2O3S. The number of esters is 1. The molecule has 0 aromatic carbocycles. The normalized spacial score (nSPS) is 11.9. The highest BCUT2D eigenvalue weighted by Crippen LogP contribution is 2.07. The van der Waals surface area contributed by atoms with Crippen LogP contribution in [0.5, 0.6) is 0 Å². The molecule has 98 valence electrons. The van der Waals surface area contributed by atoms with Gasteiger partial charge in [-0.25, -0.2) is 4.79 Å². The molecule has 0 fully saturated rings. The van der Waals surface area contributed by atoms with Crippen molar-refractivity contribution in [2.45, 2.75) is 32.7 Å². The van der Waals surface area contributed by atoms with E-state index in [0.717, 1.165) is 0 Å². The second-order valence-electron chi connectivity index (χ2n) is 3.97. The van der Waals surface area contributed by atoms with Crippen LogP contribution in [0.25, 0.3) is 0 Å². The van der Waals surface area contributed by atoms with E-state index in [2.05, 4.69) is 23.3 Å². The van der Waals surface area contributed by atoms with Gasteiger partial charge in [-0.05, 0) is 26.2 Å². The Labute approximate surface area is 107 Å². The van der Waals surface area contributed by atoms with Gasteiger partial charge in [0.15, 0.2) is 0 Å². The first kappa shape index (κ1) is 15.8. The molecule has 0 spiro atoms. The number of carbonyl (C=O) groups excluding carboxylic acids is 2. The molecule has 0 aliphatic rings. The lowest BCUT2D eigenvalue weighted by Crippen LogP contribution is -2.50. The summed E-state index contributed by atoms with van der Waals surface area (Å²) in [6.45, 7) is 5.22. The average molecular weight is 260 g/mol. The number of ether oxygens (including phenoxy) is 1. The smallest absolute Gasteiger partial charge is 0.331 e. The van der Waals surface area contributed by atoms with Gasteiger partial charge in [-0.3, -0.25) is 4.79 Å². The maximum atomic E-state index is 11.7. The van der Waals surface area contributed by atoms with Crippen molar-refractivity contribution < 1.29 is 14.3 Å². The van der Waals surface area contributed by atoms with Crippen molar-refractivity contribution in [1.29, 1.82) is 0 Å². The van der Waals surface area contributed by atoms with Crippen LogP contribution in [-0.2, 0) is 14.3 Å². The summed E-state index contributed by atoms with van der Waals surface area (Å²) < 4.78 is 4.87. The molecule has 0 aliphatic carbocycles. The minimum atomic E-state index is -1.03. The molecule has 0 rings (SSSR count). The van der Waals surface area contributed by atoms with Gasteiger partial charge in [0.05, 0.1) is 13.0 Å². The fourth-order valence-corrected chi connectivity index (χ4v) is 1.35. The first-order chi connectivity index (χ1) is 7.87. The van der Waals surface area contributed by atoms with E-state index < -0.39 is 11.5 Å². The van der Waals surface area contributed by atoms with Crippen molar-refractivity contribution in [1.82, 2.24) is 10.6 Å². The quantitative estimate of drug-likeness (QED) is 0.489. The maximum Gasteiger partial charge on any atom is 0.331 e. The molecule has 0 saturated heterocycles. The Morgan fingerprint density at radius 2 is 2.00 bits per heavy atom. The Morgan fingerprint density at radius 1 is 1.41 bits per heavy atom. The topological polar surface area (TPSA) is 67.4 Å². The Hall–Kier alpha value is -1.17. The van der Waals surface area contributed by atoms with E-state index in [-0.39, 0.29) is 18.9 Å². The van der Waals surface area contributed by atoms with Gasteiger partial charge in [-0.1, -0.05) is 0 Å². The Balaban J connectivity index is 4.41. The highest BCUT2D eigenvalue weighted by atomic mass is 32.1. The fourth-order valence-electron chi connectivity index (χ4n) is 1.13. The molecule has 0 heterocycles. The monoisotopic (exact) mass is 260 g/mol. The summed E-state index contributed by atoms with van der Waals surface area (Å²) in [6, 6.07) is 0. The minimum Gasteiger partial charge on any atom is -0.464 e. The molecular weight excluding hydrogens is 240 g/mol. The standard InChI is InChI=1S/C11H20N2O3S/c1-5-16-10(15)11(2,3)13-9(14)6-8(7-17)12-4/h7,12,17H,5-6H2,1-4H3,(H,13,14)/b8-7-. The van der Waals surface area contributed by atoms with Gasteiger partial charge in [0.1, 0.15) is 5.54 Å². The van der Waals surface area contributed by atoms with Crippen LogP contribution < -0.4 is 10.6 Å². The Morgan fingerprint density at radius 3 is 2.41 bits per heavy atom. The molecule has 0 radical (unpaired) electrons. The van der Waals surface area contributed by atoms with E-state index >= 15 is 0 Å². The zero-order valence-electron chi connectivity index (χ0n) is 10.7. The third-order valence-electron chi connectivity index (χ3n) is 2.07. The van der Waals surface area contributed by atoms with Crippen molar-refractivity contribution in [3.05, 3.63) is 11.1 Å².